The van der Waals surface area contributed by atoms with Gasteiger partial charge in [-0.1, -0.05) is 6.92 Å². The molecule has 6 nitrogen and oxygen atoms in total. The van der Waals surface area contributed by atoms with E-state index >= 15 is 0 Å². The van der Waals surface area contributed by atoms with Crippen molar-refractivity contribution in [3.05, 3.63) is 36.2 Å². The number of amides is 1. The summed E-state index contributed by atoms with van der Waals surface area (Å²) < 4.78 is 5.15. The van der Waals surface area contributed by atoms with Crippen LogP contribution in [0.25, 0.3) is 11.0 Å². The van der Waals surface area contributed by atoms with E-state index in [1.54, 1.807) is 37.5 Å². The zero-order valence-corrected chi connectivity index (χ0v) is 12.0. The highest BCUT2D eigenvalue weighted by atomic mass is 16.5. The number of rotatable bonds is 5. The molecule has 0 saturated heterocycles. The third kappa shape index (κ3) is 3.75. The van der Waals surface area contributed by atoms with Crippen LogP contribution >= 0.6 is 0 Å². The Labute approximate surface area is 122 Å². The molecule has 0 unspecified atom stereocenters. The molecule has 2 rings (SSSR count). The van der Waals surface area contributed by atoms with Crippen LogP contribution in [-0.4, -0.2) is 34.5 Å². The lowest BCUT2D eigenvalue weighted by Gasteiger charge is -2.13. The minimum Gasteiger partial charge on any atom is -0.449 e. The van der Waals surface area contributed by atoms with Crippen LogP contribution in [0.15, 0.2) is 30.6 Å². The molecule has 0 radical (unpaired) electrons. The van der Waals surface area contributed by atoms with Crippen LogP contribution in [-0.2, 0) is 9.53 Å². The van der Waals surface area contributed by atoms with Crippen molar-refractivity contribution < 1.29 is 14.3 Å². The quantitative estimate of drug-likeness (QED) is 0.846. The minimum atomic E-state index is -0.832. The topological polar surface area (TPSA) is 81.2 Å². The zero-order chi connectivity index (χ0) is 15.2. The Kier molecular flexibility index (Phi) is 4.81. The number of nitrogens with zero attached hydrogens (tertiary/aromatic N) is 2. The van der Waals surface area contributed by atoms with E-state index < -0.39 is 12.1 Å². The fourth-order valence-electron chi connectivity index (χ4n) is 1.76. The molecule has 21 heavy (non-hydrogen) atoms. The summed E-state index contributed by atoms with van der Waals surface area (Å²) in [5.41, 5.74) is 1.65. The maximum atomic E-state index is 12.0. The molecule has 0 aliphatic rings. The van der Waals surface area contributed by atoms with Gasteiger partial charge in [0, 0.05) is 18.9 Å². The SMILES string of the molecule is CCCNC(=O)[C@H](C)OC(=O)c1ccc2nccnc2c1. The van der Waals surface area contributed by atoms with Crippen molar-refractivity contribution in [1.82, 2.24) is 15.3 Å². The molecule has 0 aliphatic heterocycles. The van der Waals surface area contributed by atoms with Gasteiger partial charge in [0.1, 0.15) is 0 Å². The number of hydrogen-bond acceptors (Lipinski definition) is 5. The molecule has 1 N–H and O–H groups in total. The molecule has 1 atom stereocenters. The van der Waals surface area contributed by atoms with Crippen molar-refractivity contribution in [2.24, 2.45) is 0 Å². The predicted molar refractivity (Wildman–Crippen MR) is 77.7 cm³/mol. The summed E-state index contributed by atoms with van der Waals surface area (Å²) in [7, 11) is 0. The monoisotopic (exact) mass is 287 g/mol. The fourth-order valence-corrected chi connectivity index (χ4v) is 1.76. The third-order valence-corrected chi connectivity index (χ3v) is 2.91. The standard InChI is InChI=1S/C15H17N3O3/c1-3-6-18-14(19)10(2)21-15(20)11-4-5-12-13(9-11)17-8-7-16-12/h4-5,7-10H,3,6H2,1-2H3,(H,18,19)/t10-/m0/s1. The van der Waals surface area contributed by atoms with E-state index in [-0.39, 0.29) is 5.91 Å². The molecule has 1 amide bonds. The van der Waals surface area contributed by atoms with Crippen molar-refractivity contribution in [3.8, 4) is 0 Å². The van der Waals surface area contributed by atoms with Gasteiger partial charge in [0.2, 0.25) is 0 Å². The molecular weight excluding hydrogens is 270 g/mol. The normalized spacial score (nSPS) is 11.9. The van der Waals surface area contributed by atoms with Gasteiger partial charge >= 0.3 is 5.97 Å². The number of esters is 1. The Bertz CT molecular complexity index is 657. The van der Waals surface area contributed by atoms with Crippen LogP contribution in [0.5, 0.6) is 0 Å². The van der Waals surface area contributed by atoms with Crippen molar-refractivity contribution >= 4 is 22.9 Å². The first-order valence-corrected chi connectivity index (χ1v) is 6.81. The number of aromatic nitrogens is 2. The number of carbonyl (C=O) groups excluding carboxylic acids is 2. The van der Waals surface area contributed by atoms with E-state index in [0.29, 0.717) is 23.1 Å². The van der Waals surface area contributed by atoms with Crippen LogP contribution in [0.1, 0.15) is 30.6 Å². The second-order valence-electron chi connectivity index (χ2n) is 4.60. The van der Waals surface area contributed by atoms with Gasteiger partial charge in [-0.3, -0.25) is 14.8 Å². The van der Waals surface area contributed by atoms with E-state index in [2.05, 4.69) is 15.3 Å². The van der Waals surface area contributed by atoms with Gasteiger partial charge in [0.15, 0.2) is 6.10 Å². The first-order chi connectivity index (χ1) is 10.1. The number of fused-ring (bicyclic) bond motifs is 1. The van der Waals surface area contributed by atoms with E-state index in [4.69, 9.17) is 4.74 Å². The lowest BCUT2D eigenvalue weighted by atomic mass is 10.2. The van der Waals surface area contributed by atoms with Gasteiger partial charge < -0.3 is 10.1 Å². The summed E-state index contributed by atoms with van der Waals surface area (Å²) in [5, 5.41) is 2.68. The van der Waals surface area contributed by atoms with Crippen molar-refractivity contribution in [1.29, 1.82) is 0 Å². The fraction of sp³-hybridized carbons (Fsp3) is 0.333. The molecule has 6 heteroatoms. The van der Waals surface area contributed by atoms with Gasteiger partial charge in [-0.25, -0.2) is 4.79 Å². The Morgan fingerprint density at radius 3 is 2.67 bits per heavy atom. The van der Waals surface area contributed by atoms with Crippen LogP contribution in [0.2, 0.25) is 0 Å². The molecule has 0 fully saturated rings. The highest BCUT2D eigenvalue weighted by Crippen LogP contribution is 2.12. The van der Waals surface area contributed by atoms with Crippen LogP contribution in [0.3, 0.4) is 0 Å². The molecule has 0 bridgehead atoms. The largest absolute Gasteiger partial charge is 0.449 e. The van der Waals surface area contributed by atoms with Crippen molar-refractivity contribution in [2.75, 3.05) is 6.54 Å². The molecule has 0 saturated carbocycles. The maximum Gasteiger partial charge on any atom is 0.338 e. The second kappa shape index (κ2) is 6.78. The van der Waals surface area contributed by atoms with Gasteiger partial charge in [0.25, 0.3) is 5.91 Å². The first-order valence-electron chi connectivity index (χ1n) is 6.81. The molecule has 0 aliphatic carbocycles. The Morgan fingerprint density at radius 2 is 1.95 bits per heavy atom. The number of nitrogens with one attached hydrogen (secondary N) is 1. The van der Waals surface area contributed by atoms with E-state index in [9.17, 15) is 9.59 Å². The predicted octanol–water partition coefficient (Wildman–Crippen LogP) is 1.70. The van der Waals surface area contributed by atoms with E-state index in [1.165, 1.54) is 0 Å². The highest BCUT2D eigenvalue weighted by Gasteiger charge is 2.18. The average Bonchev–Trinajstić information content (AvgIpc) is 2.51. The minimum absolute atomic E-state index is 0.300. The summed E-state index contributed by atoms with van der Waals surface area (Å²) in [5.74, 6) is -0.854. The summed E-state index contributed by atoms with van der Waals surface area (Å²) in [6.45, 7) is 4.06. The summed E-state index contributed by atoms with van der Waals surface area (Å²) in [6, 6.07) is 4.90. The molecular formula is C15H17N3O3. The number of carbonyl (C=O) groups is 2. The highest BCUT2D eigenvalue weighted by molar-refractivity contribution is 5.95. The summed E-state index contributed by atoms with van der Waals surface area (Å²) >= 11 is 0. The molecule has 110 valence electrons. The zero-order valence-electron chi connectivity index (χ0n) is 12.0. The summed E-state index contributed by atoms with van der Waals surface area (Å²) in [4.78, 5) is 32.0. The maximum absolute atomic E-state index is 12.0. The Morgan fingerprint density at radius 1 is 1.24 bits per heavy atom. The second-order valence-corrected chi connectivity index (χ2v) is 4.60. The molecule has 2 aromatic rings. The number of ether oxygens (including phenoxy) is 1. The van der Waals surface area contributed by atoms with Crippen LogP contribution in [0, 0.1) is 0 Å². The van der Waals surface area contributed by atoms with Gasteiger partial charge in [-0.2, -0.15) is 0 Å². The smallest absolute Gasteiger partial charge is 0.338 e. The van der Waals surface area contributed by atoms with E-state index in [0.717, 1.165) is 6.42 Å². The summed E-state index contributed by atoms with van der Waals surface area (Å²) in [6.07, 6.45) is 3.13. The number of benzene rings is 1. The van der Waals surface area contributed by atoms with E-state index in [1.807, 2.05) is 6.92 Å². The van der Waals surface area contributed by atoms with Crippen molar-refractivity contribution in [2.45, 2.75) is 26.4 Å². The molecule has 0 spiro atoms. The average molecular weight is 287 g/mol. The molecule has 1 aromatic heterocycles. The molecule has 1 aromatic carbocycles. The van der Waals surface area contributed by atoms with Crippen molar-refractivity contribution in [3.63, 3.8) is 0 Å². The van der Waals surface area contributed by atoms with Gasteiger partial charge in [0.05, 0.1) is 16.6 Å². The number of hydrogen-bond donors (Lipinski definition) is 1. The molecule has 1 heterocycles. The van der Waals surface area contributed by atoms with Crippen LogP contribution < -0.4 is 5.32 Å². The Balaban J connectivity index is 2.06. The van der Waals surface area contributed by atoms with Gasteiger partial charge in [-0.05, 0) is 31.5 Å². The van der Waals surface area contributed by atoms with Gasteiger partial charge in [-0.15, -0.1) is 0 Å². The Hall–Kier alpha value is -2.50. The lowest BCUT2D eigenvalue weighted by molar-refractivity contribution is -0.129. The first kappa shape index (κ1) is 14.9. The third-order valence-electron chi connectivity index (χ3n) is 2.91. The van der Waals surface area contributed by atoms with Crippen LogP contribution in [0.4, 0.5) is 0 Å². The lowest BCUT2D eigenvalue weighted by Crippen LogP contribution is -2.36.